The Morgan fingerprint density at radius 2 is 1.45 bits per heavy atom. The first-order valence-corrected chi connectivity index (χ1v) is 13.5. The summed E-state index contributed by atoms with van der Waals surface area (Å²) in [5.74, 6) is 4.24. The van der Waals surface area contributed by atoms with Crippen molar-refractivity contribution in [3.63, 3.8) is 0 Å². The second-order valence-electron chi connectivity index (χ2n) is 11.6. The Morgan fingerprint density at radius 1 is 0.879 bits per heavy atom. The van der Waals surface area contributed by atoms with Crippen molar-refractivity contribution < 1.29 is 14.3 Å². The van der Waals surface area contributed by atoms with E-state index in [-0.39, 0.29) is 5.60 Å². The summed E-state index contributed by atoms with van der Waals surface area (Å²) < 4.78 is 11.9. The van der Waals surface area contributed by atoms with Gasteiger partial charge in [-0.15, -0.1) is 0 Å². The molecule has 0 saturated heterocycles. The van der Waals surface area contributed by atoms with Crippen molar-refractivity contribution in [3.05, 3.63) is 22.3 Å². The molecule has 0 aromatic heterocycles. The van der Waals surface area contributed by atoms with Crippen molar-refractivity contribution in [1.29, 1.82) is 0 Å². The SMILES string of the molecule is Cc1c(C)c2c(c(C)c1OC=O)CCC(C)(CCCC(C)CCCC(C)CCCC(C)C)O2. The Balaban J connectivity index is 1.80. The smallest absolute Gasteiger partial charge is 0.298 e. The molecule has 0 amide bonds. The van der Waals surface area contributed by atoms with Crippen LogP contribution in [0.25, 0.3) is 0 Å². The third-order valence-corrected chi connectivity index (χ3v) is 8.00. The van der Waals surface area contributed by atoms with Gasteiger partial charge in [-0.1, -0.05) is 72.6 Å². The topological polar surface area (TPSA) is 35.5 Å². The van der Waals surface area contributed by atoms with Crippen LogP contribution in [0.1, 0.15) is 121 Å². The van der Waals surface area contributed by atoms with E-state index in [1.54, 1.807) is 0 Å². The lowest BCUT2D eigenvalue weighted by Gasteiger charge is -2.38. The van der Waals surface area contributed by atoms with Gasteiger partial charge in [0.1, 0.15) is 17.1 Å². The maximum absolute atomic E-state index is 10.9. The predicted octanol–water partition coefficient (Wildman–Crippen LogP) is 8.67. The van der Waals surface area contributed by atoms with Gasteiger partial charge >= 0.3 is 0 Å². The van der Waals surface area contributed by atoms with E-state index in [1.807, 2.05) is 13.8 Å². The van der Waals surface area contributed by atoms with Gasteiger partial charge in [-0.25, -0.2) is 0 Å². The highest BCUT2D eigenvalue weighted by Gasteiger charge is 2.34. The van der Waals surface area contributed by atoms with Gasteiger partial charge in [0.2, 0.25) is 0 Å². The Hall–Kier alpha value is -1.51. The van der Waals surface area contributed by atoms with Gasteiger partial charge in [0, 0.05) is 5.56 Å². The van der Waals surface area contributed by atoms with Crippen molar-refractivity contribution in [3.8, 4) is 11.5 Å². The van der Waals surface area contributed by atoms with Crippen molar-refractivity contribution in [2.24, 2.45) is 17.8 Å². The zero-order valence-corrected chi connectivity index (χ0v) is 22.8. The van der Waals surface area contributed by atoms with E-state index in [1.165, 1.54) is 56.9 Å². The van der Waals surface area contributed by atoms with Gasteiger partial charge in [0.05, 0.1) is 0 Å². The summed E-state index contributed by atoms with van der Waals surface area (Å²) in [5, 5.41) is 0. The Bertz CT molecular complexity index is 767. The highest BCUT2D eigenvalue weighted by molar-refractivity contribution is 5.62. The molecule has 3 nitrogen and oxygen atoms in total. The summed E-state index contributed by atoms with van der Waals surface area (Å²) in [7, 11) is 0. The normalized spacial score (nSPS) is 19.7. The molecule has 3 atom stereocenters. The molecule has 0 N–H and O–H groups in total. The highest BCUT2D eigenvalue weighted by atomic mass is 16.5. The molecule has 0 bridgehead atoms. The van der Waals surface area contributed by atoms with E-state index in [9.17, 15) is 4.79 Å². The van der Waals surface area contributed by atoms with Crippen LogP contribution in [0, 0.1) is 38.5 Å². The van der Waals surface area contributed by atoms with Gasteiger partial charge in [0.15, 0.2) is 0 Å². The van der Waals surface area contributed by atoms with E-state index in [2.05, 4.69) is 41.5 Å². The second-order valence-corrected chi connectivity index (χ2v) is 11.6. The number of carbonyl (C=O) groups excluding carboxylic acids is 1. The number of hydrogen-bond donors (Lipinski definition) is 0. The van der Waals surface area contributed by atoms with Crippen LogP contribution in [0.15, 0.2) is 0 Å². The van der Waals surface area contributed by atoms with E-state index in [0.717, 1.165) is 59.5 Å². The molecule has 0 fully saturated rings. The second kappa shape index (κ2) is 12.8. The van der Waals surface area contributed by atoms with Crippen molar-refractivity contribution in [1.82, 2.24) is 0 Å². The summed E-state index contributed by atoms with van der Waals surface area (Å²) in [4.78, 5) is 10.9. The first-order chi connectivity index (χ1) is 15.6. The molecule has 2 rings (SSSR count). The molecule has 33 heavy (non-hydrogen) atoms. The number of rotatable bonds is 14. The molecule has 1 aliphatic rings. The van der Waals surface area contributed by atoms with Crippen LogP contribution in [-0.4, -0.2) is 12.1 Å². The summed E-state index contributed by atoms with van der Waals surface area (Å²) >= 11 is 0. The standard InChI is InChI=1S/C30H50O3/c1-21(2)12-9-13-22(3)14-10-15-23(4)16-11-18-30(8)19-17-27-26(7)28(32-20-31)24(5)25(6)29(27)33-30/h20-23H,9-19H2,1-8H3. The van der Waals surface area contributed by atoms with E-state index in [4.69, 9.17) is 9.47 Å². The maximum Gasteiger partial charge on any atom is 0.298 e. The minimum atomic E-state index is -0.103. The molecule has 1 aromatic carbocycles. The largest absolute Gasteiger partial charge is 0.487 e. The van der Waals surface area contributed by atoms with Crippen LogP contribution < -0.4 is 9.47 Å². The van der Waals surface area contributed by atoms with Gasteiger partial charge in [0.25, 0.3) is 6.47 Å². The summed E-state index contributed by atoms with van der Waals surface area (Å²) in [6.45, 7) is 18.5. The molecule has 1 heterocycles. The highest BCUT2D eigenvalue weighted by Crippen LogP contribution is 2.44. The van der Waals surface area contributed by atoms with Crippen molar-refractivity contribution >= 4 is 6.47 Å². The maximum atomic E-state index is 10.9. The zero-order valence-electron chi connectivity index (χ0n) is 22.8. The Kier molecular flexibility index (Phi) is 10.8. The van der Waals surface area contributed by atoms with E-state index >= 15 is 0 Å². The first kappa shape index (κ1) is 27.7. The number of fused-ring (bicyclic) bond motifs is 1. The lowest BCUT2D eigenvalue weighted by Crippen LogP contribution is -2.37. The molecule has 0 radical (unpaired) electrons. The predicted molar refractivity (Wildman–Crippen MR) is 139 cm³/mol. The van der Waals surface area contributed by atoms with E-state index < -0.39 is 0 Å². The van der Waals surface area contributed by atoms with Gasteiger partial charge in [-0.3, -0.25) is 4.79 Å². The minimum Gasteiger partial charge on any atom is -0.487 e. The van der Waals surface area contributed by atoms with Crippen molar-refractivity contribution in [2.45, 2.75) is 132 Å². The van der Waals surface area contributed by atoms with Crippen molar-refractivity contribution in [2.75, 3.05) is 0 Å². The summed E-state index contributed by atoms with van der Waals surface area (Å²) in [6, 6.07) is 0. The summed E-state index contributed by atoms with van der Waals surface area (Å²) in [5.41, 5.74) is 4.27. The van der Waals surface area contributed by atoms with Gasteiger partial charge in [-0.2, -0.15) is 0 Å². The average molecular weight is 459 g/mol. The Labute approximate surface area is 204 Å². The molecule has 0 aliphatic carbocycles. The number of ether oxygens (including phenoxy) is 2. The molecule has 0 spiro atoms. The van der Waals surface area contributed by atoms with Crippen LogP contribution in [0.2, 0.25) is 0 Å². The van der Waals surface area contributed by atoms with Gasteiger partial charge < -0.3 is 9.47 Å². The number of hydrogen-bond acceptors (Lipinski definition) is 3. The quantitative estimate of drug-likeness (QED) is 0.262. The fraction of sp³-hybridized carbons (Fsp3) is 0.767. The molecule has 3 heteroatoms. The molecular formula is C30H50O3. The number of benzene rings is 1. The van der Waals surface area contributed by atoms with Gasteiger partial charge in [-0.05, 0) is 87.8 Å². The van der Waals surface area contributed by atoms with Crippen LogP contribution >= 0.6 is 0 Å². The monoisotopic (exact) mass is 458 g/mol. The molecule has 3 unspecified atom stereocenters. The molecule has 1 aromatic rings. The third kappa shape index (κ3) is 8.04. The number of carbonyl (C=O) groups is 1. The minimum absolute atomic E-state index is 0.103. The van der Waals surface area contributed by atoms with Crippen LogP contribution in [0.5, 0.6) is 11.5 Å². The zero-order chi connectivity index (χ0) is 24.6. The van der Waals surface area contributed by atoms with Crippen LogP contribution in [0.4, 0.5) is 0 Å². The summed E-state index contributed by atoms with van der Waals surface area (Å²) in [6.07, 6.45) is 13.9. The molecule has 188 valence electrons. The Morgan fingerprint density at radius 3 is 2.03 bits per heavy atom. The van der Waals surface area contributed by atoms with Crippen LogP contribution in [0.3, 0.4) is 0 Å². The fourth-order valence-corrected chi connectivity index (χ4v) is 5.48. The van der Waals surface area contributed by atoms with Crippen LogP contribution in [-0.2, 0) is 11.2 Å². The lowest BCUT2D eigenvalue weighted by atomic mass is 9.83. The molecular weight excluding hydrogens is 408 g/mol. The average Bonchev–Trinajstić information content (AvgIpc) is 2.75. The third-order valence-electron chi connectivity index (χ3n) is 8.00. The molecule has 0 saturated carbocycles. The van der Waals surface area contributed by atoms with E-state index in [0.29, 0.717) is 12.2 Å². The lowest BCUT2D eigenvalue weighted by molar-refractivity contribution is -0.120. The fourth-order valence-electron chi connectivity index (χ4n) is 5.48. The molecule has 1 aliphatic heterocycles. The first-order valence-electron chi connectivity index (χ1n) is 13.5.